The van der Waals surface area contributed by atoms with Gasteiger partial charge in [-0.2, -0.15) is 0 Å². The van der Waals surface area contributed by atoms with E-state index in [9.17, 15) is 0 Å². The normalized spacial score (nSPS) is 17.4. The zero-order valence-corrected chi connectivity index (χ0v) is 11.4. The van der Waals surface area contributed by atoms with E-state index in [2.05, 4.69) is 13.2 Å². The molecular weight excluding hydrogens is 204 g/mol. The molecule has 2 saturated carbocycles. The van der Waals surface area contributed by atoms with Crippen LogP contribution in [0.4, 0.5) is 0 Å². The van der Waals surface area contributed by atoms with Gasteiger partial charge in [0.15, 0.2) is 0 Å². The number of rotatable bonds is 0. The molecule has 80 valence electrons. The minimum atomic E-state index is 0. The van der Waals surface area contributed by atoms with Crippen LogP contribution >= 0.6 is 0 Å². The summed E-state index contributed by atoms with van der Waals surface area (Å²) in [5.41, 5.74) is 0. The molecule has 0 aromatic carbocycles. The summed E-state index contributed by atoms with van der Waals surface area (Å²) in [5, 5.41) is 0. The summed E-state index contributed by atoms with van der Waals surface area (Å²) in [6.45, 7) is 7.00. The van der Waals surface area contributed by atoms with Crippen LogP contribution < -0.4 is 0 Å². The largest absolute Gasteiger partial charge is 4.00 e. The summed E-state index contributed by atoms with van der Waals surface area (Å²) in [6.07, 6.45) is 15.0. The Labute approximate surface area is 106 Å². The first-order valence-electron chi connectivity index (χ1n) is 5.41. The van der Waals surface area contributed by atoms with E-state index in [1.165, 1.54) is 64.2 Å². The standard InChI is InChI=1S/2C5H10.C2H3.CH3.Ti/c2*1-2-4-5-3-1;1-2;;/h2*1-5H2;1H,2H2;1H3;/q;;2*-1;+4. The smallest absolute Gasteiger partial charge is 0.521 e. The van der Waals surface area contributed by atoms with Crippen LogP contribution in [0, 0.1) is 14.0 Å². The molecule has 2 aliphatic carbocycles. The first-order valence-corrected chi connectivity index (χ1v) is 5.41. The third-order valence-corrected chi connectivity index (χ3v) is 2.50. The van der Waals surface area contributed by atoms with Crippen molar-refractivity contribution in [1.82, 2.24) is 0 Å². The summed E-state index contributed by atoms with van der Waals surface area (Å²) < 4.78 is 0. The Bertz CT molecular complexity index is 48.1. The Morgan fingerprint density at radius 2 is 0.571 bits per heavy atom. The van der Waals surface area contributed by atoms with Gasteiger partial charge in [-0.3, -0.25) is 6.58 Å². The molecule has 0 bridgehead atoms. The van der Waals surface area contributed by atoms with Crippen molar-refractivity contribution in [2.75, 3.05) is 0 Å². The zero-order valence-electron chi connectivity index (χ0n) is 9.86. The second kappa shape index (κ2) is 19.1. The zero-order chi connectivity index (χ0) is 9.07. The molecule has 0 aliphatic heterocycles. The topological polar surface area (TPSA) is 0 Å². The molecule has 0 atom stereocenters. The molecule has 0 nitrogen and oxygen atoms in total. The van der Waals surface area contributed by atoms with Crippen LogP contribution in [-0.4, -0.2) is 0 Å². The van der Waals surface area contributed by atoms with Gasteiger partial charge in [0, 0.05) is 0 Å². The van der Waals surface area contributed by atoms with Gasteiger partial charge >= 0.3 is 21.7 Å². The van der Waals surface area contributed by atoms with Crippen LogP contribution in [-0.2, 0) is 21.7 Å². The summed E-state index contributed by atoms with van der Waals surface area (Å²) in [6, 6.07) is 0. The van der Waals surface area contributed by atoms with E-state index in [4.69, 9.17) is 0 Å². The van der Waals surface area contributed by atoms with Gasteiger partial charge in [-0.1, -0.05) is 64.2 Å². The fourth-order valence-corrected chi connectivity index (χ4v) is 1.77. The van der Waals surface area contributed by atoms with Crippen LogP contribution in [0.2, 0.25) is 0 Å². The maximum atomic E-state index is 4.25. The molecule has 0 saturated heterocycles. The predicted molar refractivity (Wildman–Crippen MR) is 62.5 cm³/mol. The molecule has 0 amide bonds. The second-order valence-electron chi connectivity index (χ2n) is 3.54. The van der Waals surface area contributed by atoms with E-state index >= 15 is 0 Å². The van der Waals surface area contributed by atoms with Gasteiger partial charge in [0.1, 0.15) is 0 Å². The van der Waals surface area contributed by atoms with Gasteiger partial charge in [0.05, 0.1) is 0 Å². The van der Waals surface area contributed by atoms with Crippen LogP contribution in [0.5, 0.6) is 0 Å². The average Bonchev–Trinajstić information content (AvgIpc) is 2.87. The third kappa shape index (κ3) is 15.0. The average molecular weight is 230 g/mol. The van der Waals surface area contributed by atoms with Gasteiger partial charge < -0.3 is 14.0 Å². The van der Waals surface area contributed by atoms with Crippen LogP contribution in [0.3, 0.4) is 0 Å². The molecule has 1 heteroatoms. The Morgan fingerprint density at radius 1 is 0.500 bits per heavy atom. The molecule has 0 aromatic rings. The molecule has 0 N–H and O–H groups in total. The summed E-state index contributed by atoms with van der Waals surface area (Å²) >= 11 is 0. The fourth-order valence-electron chi connectivity index (χ4n) is 1.77. The van der Waals surface area contributed by atoms with E-state index < -0.39 is 0 Å². The van der Waals surface area contributed by atoms with E-state index in [-0.39, 0.29) is 29.1 Å². The molecule has 2 aliphatic rings. The predicted octanol–water partition coefficient (Wildman–Crippen LogP) is 4.95. The summed E-state index contributed by atoms with van der Waals surface area (Å²) in [5.74, 6) is 0. The van der Waals surface area contributed by atoms with Crippen molar-refractivity contribution >= 4 is 0 Å². The minimum absolute atomic E-state index is 0. The van der Waals surface area contributed by atoms with E-state index in [1.807, 2.05) is 0 Å². The molecule has 0 radical (unpaired) electrons. The molecule has 0 aromatic heterocycles. The molecule has 0 heterocycles. The first-order chi connectivity index (χ1) is 6.00. The monoisotopic (exact) mass is 230 g/mol. The van der Waals surface area contributed by atoms with Crippen molar-refractivity contribution < 1.29 is 21.7 Å². The minimum Gasteiger partial charge on any atom is -0.521 e. The number of hydrogen-bond acceptors (Lipinski definition) is 0. The SMILES string of the molecule is C1CCCC1.C1CCCC1.[CH-]=C.[CH3-].[Ti+4]. The van der Waals surface area contributed by atoms with Crippen molar-refractivity contribution in [3.63, 3.8) is 0 Å². The van der Waals surface area contributed by atoms with E-state index in [1.54, 1.807) is 0 Å². The van der Waals surface area contributed by atoms with Crippen molar-refractivity contribution in [3.8, 4) is 0 Å². The third-order valence-electron chi connectivity index (χ3n) is 2.50. The second-order valence-corrected chi connectivity index (χ2v) is 3.54. The van der Waals surface area contributed by atoms with Crippen molar-refractivity contribution in [2.45, 2.75) is 64.2 Å². The Balaban J connectivity index is -0.000000131. The maximum absolute atomic E-state index is 4.25. The molecule has 14 heavy (non-hydrogen) atoms. The molecule has 2 rings (SSSR count). The molecular formula is C13H26Ti+2. The Morgan fingerprint density at radius 3 is 0.643 bits per heavy atom. The van der Waals surface area contributed by atoms with Gasteiger partial charge in [-0.05, 0) is 0 Å². The molecule has 0 unspecified atom stereocenters. The van der Waals surface area contributed by atoms with Crippen molar-refractivity contribution in [1.29, 1.82) is 0 Å². The van der Waals surface area contributed by atoms with Crippen LogP contribution in [0.1, 0.15) is 64.2 Å². The van der Waals surface area contributed by atoms with Crippen LogP contribution in [0.25, 0.3) is 0 Å². The Hall–Kier alpha value is 0.454. The maximum Gasteiger partial charge on any atom is 4.00 e. The van der Waals surface area contributed by atoms with Gasteiger partial charge in [-0.25, -0.2) is 0 Å². The van der Waals surface area contributed by atoms with Crippen molar-refractivity contribution in [3.05, 3.63) is 20.6 Å². The summed E-state index contributed by atoms with van der Waals surface area (Å²) in [4.78, 5) is 0. The Kier molecular flexibility index (Phi) is 27.2. The fraction of sp³-hybridized carbons (Fsp3) is 0.769. The van der Waals surface area contributed by atoms with Crippen LogP contribution in [0.15, 0.2) is 6.58 Å². The van der Waals surface area contributed by atoms with Gasteiger partial charge in [0.2, 0.25) is 0 Å². The number of hydrogen-bond donors (Lipinski definition) is 0. The van der Waals surface area contributed by atoms with Gasteiger partial charge in [0.25, 0.3) is 0 Å². The first kappa shape index (κ1) is 19.9. The van der Waals surface area contributed by atoms with Crippen molar-refractivity contribution in [2.24, 2.45) is 0 Å². The molecule has 2 fully saturated rings. The van der Waals surface area contributed by atoms with E-state index in [0.29, 0.717) is 0 Å². The quantitative estimate of drug-likeness (QED) is 0.408. The van der Waals surface area contributed by atoms with Gasteiger partial charge in [-0.15, -0.1) is 0 Å². The van der Waals surface area contributed by atoms with E-state index in [0.717, 1.165) is 0 Å². The summed E-state index contributed by atoms with van der Waals surface area (Å²) in [7, 11) is 0. The molecule has 0 spiro atoms.